The normalized spacial score (nSPS) is 18.6. The molecule has 5 heteroatoms. The Kier molecular flexibility index (Phi) is 4.61. The number of rotatable bonds is 1. The molecule has 1 aromatic carbocycles. The maximum Gasteiger partial charge on any atom is 0.317 e. The van der Waals surface area contributed by atoms with Crippen molar-refractivity contribution in [2.45, 2.75) is 19.8 Å². The van der Waals surface area contributed by atoms with Crippen LogP contribution in [0.25, 0.3) is 0 Å². The predicted octanol–water partition coefficient (Wildman–Crippen LogP) is 4.31. The van der Waals surface area contributed by atoms with Crippen molar-refractivity contribution in [3.05, 3.63) is 45.6 Å². The molecule has 0 unspecified atom stereocenters. The number of ether oxygens (including phenoxy) is 1. The summed E-state index contributed by atoms with van der Waals surface area (Å²) in [5.74, 6) is 0. The van der Waals surface area contributed by atoms with Gasteiger partial charge in [0.1, 0.15) is 5.16 Å². The first kappa shape index (κ1) is 14.1. The van der Waals surface area contributed by atoms with Crippen LogP contribution >= 0.6 is 23.2 Å². The molecule has 0 aromatic heterocycles. The first-order valence-corrected chi connectivity index (χ1v) is 6.68. The van der Waals surface area contributed by atoms with Gasteiger partial charge in [0.25, 0.3) is 0 Å². The van der Waals surface area contributed by atoms with Gasteiger partial charge in [0, 0.05) is 5.02 Å². The van der Waals surface area contributed by atoms with E-state index in [4.69, 9.17) is 27.9 Å². The number of benzene rings is 1. The molecule has 0 radical (unpaired) electrons. The molecule has 3 nitrogen and oxygen atoms in total. The second-order valence-corrected chi connectivity index (χ2v) is 4.98. The van der Waals surface area contributed by atoms with Gasteiger partial charge in [-0.3, -0.25) is 0 Å². The van der Waals surface area contributed by atoms with E-state index >= 15 is 0 Å². The van der Waals surface area contributed by atoms with Crippen LogP contribution in [0.3, 0.4) is 0 Å². The number of aliphatic imine (C=N–C) groups is 2. The molecule has 0 saturated heterocycles. The second-order valence-electron chi connectivity index (χ2n) is 4.19. The maximum atomic E-state index is 6.04. The number of amidine groups is 1. The Morgan fingerprint density at radius 1 is 1.21 bits per heavy atom. The molecule has 19 heavy (non-hydrogen) atoms. The monoisotopic (exact) mass is 296 g/mol. The summed E-state index contributed by atoms with van der Waals surface area (Å²) in [5.41, 5.74) is 2.97. The molecule has 0 fully saturated rings. The van der Waals surface area contributed by atoms with Crippen molar-refractivity contribution in [3.63, 3.8) is 0 Å². The molecule has 100 valence electrons. The van der Waals surface area contributed by atoms with Gasteiger partial charge in [0.15, 0.2) is 0 Å². The summed E-state index contributed by atoms with van der Waals surface area (Å²) in [6, 6.07) is 6.11. The van der Waals surface area contributed by atoms with Crippen molar-refractivity contribution < 1.29 is 4.74 Å². The highest BCUT2D eigenvalue weighted by molar-refractivity contribution is 6.31. The lowest BCUT2D eigenvalue weighted by Gasteiger charge is -2.10. The summed E-state index contributed by atoms with van der Waals surface area (Å²) < 4.78 is 5.11. The van der Waals surface area contributed by atoms with E-state index in [-0.39, 0.29) is 6.02 Å². The number of nitrogens with zero attached hydrogens (tertiary/aromatic N) is 2. The third kappa shape index (κ3) is 3.58. The molecule has 2 rings (SSSR count). The molecule has 0 spiro atoms. The predicted molar refractivity (Wildman–Crippen MR) is 80.3 cm³/mol. The van der Waals surface area contributed by atoms with Gasteiger partial charge in [0.05, 0.1) is 12.8 Å². The van der Waals surface area contributed by atoms with Gasteiger partial charge in [-0.2, -0.15) is 9.98 Å². The summed E-state index contributed by atoms with van der Waals surface area (Å²) in [7, 11) is 1.53. The SMILES string of the molecule is COC1=N/C(Cl)=C/CCC(c2ccc(Cl)c(C)c2)=N1. The molecule has 1 aliphatic rings. The van der Waals surface area contributed by atoms with Crippen molar-refractivity contribution in [2.24, 2.45) is 9.98 Å². The minimum absolute atomic E-state index is 0.267. The maximum absolute atomic E-state index is 6.04. The van der Waals surface area contributed by atoms with Crippen LogP contribution in [0.1, 0.15) is 24.0 Å². The van der Waals surface area contributed by atoms with Crippen LogP contribution in [-0.4, -0.2) is 18.8 Å². The van der Waals surface area contributed by atoms with Crippen molar-refractivity contribution in [2.75, 3.05) is 7.11 Å². The van der Waals surface area contributed by atoms with E-state index in [1.807, 2.05) is 31.2 Å². The van der Waals surface area contributed by atoms with Crippen molar-refractivity contribution in [3.8, 4) is 0 Å². The number of halogens is 2. The fourth-order valence-electron chi connectivity index (χ4n) is 1.79. The van der Waals surface area contributed by atoms with Gasteiger partial charge in [-0.1, -0.05) is 29.3 Å². The highest BCUT2D eigenvalue weighted by atomic mass is 35.5. The van der Waals surface area contributed by atoms with Crippen LogP contribution in [0, 0.1) is 6.92 Å². The third-order valence-electron chi connectivity index (χ3n) is 2.80. The van der Waals surface area contributed by atoms with Gasteiger partial charge in [-0.15, -0.1) is 0 Å². The zero-order valence-corrected chi connectivity index (χ0v) is 12.3. The van der Waals surface area contributed by atoms with Crippen LogP contribution in [0.15, 0.2) is 39.4 Å². The van der Waals surface area contributed by atoms with Gasteiger partial charge >= 0.3 is 6.02 Å². The zero-order chi connectivity index (χ0) is 13.8. The van der Waals surface area contributed by atoms with Crippen LogP contribution in [0.5, 0.6) is 0 Å². The molecule has 0 bridgehead atoms. The summed E-state index contributed by atoms with van der Waals surface area (Å²) >= 11 is 12.0. The van der Waals surface area contributed by atoms with Crippen LogP contribution in [0.4, 0.5) is 0 Å². The molecular weight excluding hydrogens is 283 g/mol. The summed E-state index contributed by atoms with van der Waals surface area (Å²) in [4.78, 5) is 8.50. The lowest BCUT2D eigenvalue weighted by atomic mass is 10.0. The Hall–Kier alpha value is -1.32. The molecule has 0 N–H and O–H groups in total. The van der Waals surface area contributed by atoms with E-state index in [1.165, 1.54) is 7.11 Å². The number of allylic oxidation sites excluding steroid dienone is 1. The number of methoxy groups -OCH3 is 1. The number of hydrogen-bond donors (Lipinski definition) is 0. The van der Waals surface area contributed by atoms with Gasteiger partial charge in [0.2, 0.25) is 0 Å². The molecule has 0 aliphatic carbocycles. The van der Waals surface area contributed by atoms with Crippen LogP contribution in [-0.2, 0) is 4.74 Å². The highest BCUT2D eigenvalue weighted by Gasteiger charge is 2.10. The quantitative estimate of drug-likeness (QED) is 0.711. The summed E-state index contributed by atoms with van der Waals surface area (Å²) in [6.07, 6.45) is 3.43. The summed E-state index contributed by atoms with van der Waals surface area (Å²) in [5, 5.41) is 1.16. The average Bonchev–Trinajstić information content (AvgIpc) is 2.37. The lowest BCUT2D eigenvalue weighted by Crippen LogP contribution is -2.09. The first-order valence-electron chi connectivity index (χ1n) is 5.92. The third-order valence-corrected chi connectivity index (χ3v) is 3.46. The second kappa shape index (κ2) is 6.22. The van der Waals surface area contributed by atoms with E-state index in [0.29, 0.717) is 5.16 Å². The Morgan fingerprint density at radius 3 is 2.68 bits per heavy atom. The van der Waals surface area contributed by atoms with Gasteiger partial charge < -0.3 is 4.74 Å². The minimum Gasteiger partial charge on any atom is -0.467 e. The lowest BCUT2D eigenvalue weighted by molar-refractivity contribution is 0.397. The Morgan fingerprint density at radius 2 is 2.00 bits per heavy atom. The fraction of sp³-hybridized carbons (Fsp3) is 0.286. The van der Waals surface area contributed by atoms with Gasteiger partial charge in [-0.25, -0.2) is 0 Å². The van der Waals surface area contributed by atoms with Crippen LogP contribution in [0.2, 0.25) is 5.02 Å². The van der Waals surface area contributed by atoms with E-state index in [9.17, 15) is 0 Å². The number of hydrogen-bond acceptors (Lipinski definition) is 3. The highest BCUT2D eigenvalue weighted by Crippen LogP contribution is 2.20. The Balaban J connectivity index is 2.40. The van der Waals surface area contributed by atoms with E-state index < -0.39 is 0 Å². The Bertz CT molecular complexity index is 577. The van der Waals surface area contributed by atoms with E-state index in [1.54, 1.807) is 0 Å². The molecule has 0 saturated carbocycles. The van der Waals surface area contributed by atoms with Crippen molar-refractivity contribution in [1.82, 2.24) is 0 Å². The smallest absolute Gasteiger partial charge is 0.317 e. The van der Waals surface area contributed by atoms with Gasteiger partial charge in [-0.05, 0) is 49.1 Å². The van der Waals surface area contributed by atoms with Crippen LogP contribution < -0.4 is 0 Å². The van der Waals surface area contributed by atoms with E-state index in [2.05, 4.69) is 9.98 Å². The number of aryl methyl sites for hydroxylation is 1. The van der Waals surface area contributed by atoms with E-state index in [0.717, 1.165) is 34.7 Å². The molecule has 0 atom stereocenters. The first-order chi connectivity index (χ1) is 9.10. The fourth-order valence-corrected chi connectivity index (χ4v) is 2.08. The Labute approximate surface area is 122 Å². The average molecular weight is 297 g/mol. The largest absolute Gasteiger partial charge is 0.467 e. The molecule has 1 heterocycles. The zero-order valence-electron chi connectivity index (χ0n) is 10.8. The molecule has 1 aromatic rings. The minimum atomic E-state index is 0.267. The molecule has 0 amide bonds. The molecule has 1 aliphatic heterocycles. The summed E-state index contributed by atoms with van der Waals surface area (Å²) in [6.45, 7) is 1.97. The van der Waals surface area contributed by atoms with Crippen molar-refractivity contribution >= 4 is 34.9 Å². The standard InChI is InChI=1S/C14H14Cl2N2O/c1-9-8-10(6-7-11(9)15)12-4-3-5-13(16)18-14(17-12)19-2/h5-8H,3-4H2,1-2H3/b13-5+,17-12?,18-14?. The van der Waals surface area contributed by atoms with Crippen molar-refractivity contribution in [1.29, 1.82) is 0 Å². The topological polar surface area (TPSA) is 34.0 Å². The molecular formula is C14H14Cl2N2O.